The summed E-state index contributed by atoms with van der Waals surface area (Å²) in [4.78, 5) is 2.47. The van der Waals surface area contributed by atoms with Crippen LogP contribution in [0.15, 0.2) is 194 Å². The highest BCUT2D eigenvalue weighted by Gasteiger charge is 2.23. The highest BCUT2D eigenvalue weighted by atomic mass is 32.1. The quantitative estimate of drug-likeness (QED) is 0.171. The fraction of sp³-hybridized carbons (Fsp3) is 0. The molecule has 2 nitrogen and oxygen atoms in total. The van der Waals surface area contributed by atoms with Gasteiger partial charge in [-0.2, -0.15) is 0 Å². The Labute approximate surface area is 300 Å². The Morgan fingerprint density at radius 1 is 0.392 bits per heavy atom. The third-order valence-electron chi connectivity index (χ3n) is 10.00. The van der Waals surface area contributed by atoms with Crippen LogP contribution in [-0.2, 0) is 0 Å². The average Bonchev–Trinajstić information content (AvgIpc) is 3.75. The highest BCUT2D eigenvalue weighted by Crippen LogP contribution is 2.48. The van der Waals surface area contributed by atoms with Gasteiger partial charge in [-0.1, -0.05) is 146 Å². The van der Waals surface area contributed by atoms with Crippen molar-refractivity contribution in [1.29, 1.82) is 0 Å². The maximum absolute atomic E-state index is 2.47. The van der Waals surface area contributed by atoms with Gasteiger partial charge < -0.3 is 9.47 Å². The molecule has 2 aromatic heterocycles. The lowest BCUT2D eigenvalue weighted by Gasteiger charge is -2.29. The van der Waals surface area contributed by atoms with Crippen LogP contribution in [-0.4, -0.2) is 4.57 Å². The van der Waals surface area contributed by atoms with Crippen molar-refractivity contribution in [2.24, 2.45) is 0 Å². The van der Waals surface area contributed by atoms with Gasteiger partial charge in [-0.25, -0.2) is 0 Å². The molecule has 0 radical (unpaired) electrons. The number of anilines is 3. The van der Waals surface area contributed by atoms with E-state index in [-0.39, 0.29) is 0 Å². The molecule has 240 valence electrons. The summed E-state index contributed by atoms with van der Waals surface area (Å²) in [5, 5.41) is 5.08. The maximum atomic E-state index is 2.47. The highest BCUT2D eigenvalue weighted by molar-refractivity contribution is 7.26. The second-order valence-electron chi connectivity index (χ2n) is 12.9. The molecule has 0 unspecified atom stereocenters. The lowest BCUT2D eigenvalue weighted by Crippen LogP contribution is -2.12. The number of nitrogens with zero attached hydrogens (tertiary/aromatic N) is 2. The van der Waals surface area contributed by atoms with Gasteiger partial charge in [0.2, 0.25) is 0 Å². The van der Waals surface area contributed by atoms with Crippen LogP contribution in [0, 0.1) is 0 Å². The van der Waals surface area contributed by atoms with Crippen molar-refractivity contribution in [2.75, 3.05) is 4.90 Å². The number of hydrogen-bond acceptors (Lipinski definition) is 2. The summed E-state index contributed by atoms with van der Waals surface area (Å²) >= 11 is 1.87. The van der Waals surface area contributed by atoms with Crippen LogP contribution in [0.4, 0.5) is 17.1 Å². The fourth-order valence-electron chi connectivity index (χ4n) is 7.75. The van der Waals surface area contributed by atoms with E-state index in [9.17, 15) is 0 Å². The monoisotopic (exact) mass is 668 g/mol. The van der Waals surface area contributed by atoms with Crippen LogP contribution < -0.4 is 4.90 Å². The van der Waals surface area contributed by atoms with Gasteiger partial charge in [-0.15, -0.1) is 11.3 Å². The summed E-state index contributed by atoms with van der Waals surface area (Å²) in [7, 11) is 0. The number of rotatable bonds is 6. The first-order chi connectivity index (χ1) is 25.3. The second kappa shape index (κ2) is 12.2. The van der Waals surface area contributed by atoms with Gasteiger partial charge in [-0.3, -0.25) is 0 Å². The van der Waals surface area contributed by atoms with Crippen molar-refractivity contribution in [1.82, 2.24) is 4.57 Å². The molecule has 0 aliphatic heterocycles. The minimum atomic E-state index is 1.11. The summed E-state index contributed by atoms with van der Waals surface area (Å²) < 4.78 is 5.00. The van der Waals surface area contributed by atoms with E-state index in [1.807, 2.05) is 11.3 Å². The lowest BCUT2D eigenvalue weighted by molar-refractivity contribution is 1.18. The third-order valence-corrected chi connectivity index (χ3v) is 11.2. The van der Waals surface area contributed by atoms with Crippen molar-refractivity contribution < 1.29 is 0 Å². The smallest absolute Gasteiger partial charge is 0.0640 e. The summed E-state index contributed by atoms with van der Waals surface area (Å²) in [6, 6.07) is 70.4. The Kier molecular flexibility index (Phi) is 7.04. The molecule has 0 amide bonds. The van der Waals surface area contributed by atoms with Gasteiger partial charge in [0.05, 0.1) is 32.8 Å². The summed E-state index contributed by atoms with van der Waals surface area (Å²) in [5.74, 6) is 0. The minimum absolute atomic E-state index is 1.11. The van der Waals surface area contributed by atoms with Gasteiger partial charge in [0.15, 0.2) is 0 Å². The Morgan fingerprint density at radius 3 is 1.76 bits per heavy atom. The molecule has 0 atom stereocenters. The predicted molar refractivity (Wildman–Crippen MR) is 219 cm³/mol. The molecular formula is C48H32N2S. The molecule has 0 aliphatic rings. The molecule has 0 spiro atoms. The van der Waals surface area contributed by atoms with Crippen LogP contribution in [0.1, 0.15) is 0 Å². The zero-order chi connectivity index (χ0) is 33.7. The molecule has 8 aromatic carbocycles. The number of hydrogen-bond donors (Lipinski definition) is 0. The summed E-state index contributed by atoms with van der Waals surface area (Å²) in [6.07, 6.45) is 0. The molecule has 0 saturated heterocycles. The van der Waals surface area contributed by atoms with Gasteiger partial charge in [0.1, 0.15) is 0 Å². The first-order valence-corrected chi connectivity index (χ1v) is 18.2. The Morgan fingerprint density at radius 2 is 0.961 bits per heavy atom. The normalized spacial score (nSPS) is 11.5. The zero-order valence-electron chi connectivity index (χ0n) is 27.8. The van der Waals surface area contributed by atoms with E-state index in [1.165, 1.54) is 64.4 Å². The van der Waals surface area contributed by atoms with Crippen LogP contribution >= 0.6 is 11.3 Å². The Balaban J connectivity index is 1.26. The topological polar surface area (TPSA) is 8.17 Å². The number of para-hydroxylation sites is 4. The summed E-state index contributed by atoms with van der Waals surface area (Å²) in [5.41, 5.74) is 11.7. The molecule has 10 rings (SSSR count). The van der Waals surface area contributed by atoms with Crippen molar-refractivity contribution in [3.8, 4) is 27.9 Å². The van der Waals surface area contributed by atoms with Crippen LogP contribution in [0.3, 0.4) is 0 Å². The van der Waals surface area contributed by atoms with Crippen molar-refractivity contribution in [3.63, 3.8) is 0 Å². The van der Waals surface area contributed by atoms with Gasteiger partial charge >= 0.3 is 0 Å². The summed E-state index contributed by atoms with van der Waals surface area (Å²) in [6.45, 7) is 0. The van der Waals surface area contributed by atoms with Gasteiger partial charge in [-0.05, 0) is 59.7 Å². The van der Waals surface area contributed by atoms with E-state index >= 15 is 0 Å². The van der Waals surface area contributed by atoms with Crippen molar-refractivity contribution in [3.05, 3.63) is 194 Å². The first-order valence-electron chi connectivity index (χ1n) is 17.4. The molecule has 0 aliphatic carbocycles. The van der Waals surface area contributed by atoms with E-state index in [2.05, 4.69) is 204 Å². The lowest BCUT2D eigenvalue weighted by atomic mass is 9.98. The van der Waals surface area contributed by atoms with Crippen LogP contribution in [0.5, 0.6) is 0 Å². The standard InChI is InChI=1S/C48H32N2S/c1-2-16-33(17-3-1)34-18-14-19-35(32-34)49(46-30-15-25-41-40-24-8-13-31-47(40)51-48(41)46)42-26-9-4-20-36(42)37-21-5-10-27-43(37)50-44-28-11-6-22-38(44)39-23-7-12-29-45(39)50/h1-32H. The van der Waals surface area contributed by atoms with Gasteiger partial charge in [0, 0.05) is 43.1 Å². The van der Waals surface area contributed by atoms with E-state index < -0.39 is 0 Å². The number of fused-ring (bicyclic) bond motifs is 6. The largest absolute Gasteiger partial charge is 0.309 e. The van der Waals surface area contributed by atoms with Gasteiger partial charge in [0.25, 0.3) is 0 Å². The number of thiophene rings is 1. The molecule has 51 heavy (non-hydrogen) atoms. The molecule has 0 bridgehead atoms. The van der Waals surface area contributed by atoms with E-state index in [1.54, 1.807) is 0 Å². The predicted octanol–water partition coefficient (Wildman–Crippen LogP) is 14.0. The van der Waals surface area contributed by atoms with E-state index in [0.717, 1.165) is 22.6 Å². The molecule has 10 aromatic rings. The van der Waals surface area contributed by atoms with E-state index in [0.29, 0.717) is 0 Å². The molecule has 3 heteroatoms. The molecular weight excluding hydrogens is 637 g/mol. The maximum Gasteiger partial charge on any atom is 0.0640 e. The van der Waals surface area contributed by atoms with Crippen molar-refractivity contribution >= 4 is 70.4 Å². The zero-order valence-corrected chi connectivity index (χ0v) is 28.6. The fourth-order valence-corrected chi connectivity index (χ4v) is 8.95. The SMILES string of the molecule is c1ccc(-c2cccc(N(c3ccccc3-c3ccccc3-n3c4ccccc4c4ccccc43)c3cccc4c3sc3ccccc34)c2)cc1. The Bertz CT molecular complexity index is 2830. The van der Waals surface area contributed by atoms with Crippen molar-refractivity contribution in [2.45, 2.75) is 0 Å². The van der Waals surface area contributed by atoms with E-state index in [4.69, 9.17) is 0 Å². The Hall–Kier alpha value is -6.42. The number of benzene rings is 8. The molecule has 0 saturated carbocycles. The second-order valence-corrected chi connectivity index (χ2v) is 14.0. The molecule has 0 fully saturated rings. The third kappa shape index (κ3) is 4.85. The van der Waals surface area contributed by atoms with Crippen LogP contribution in [0.2, 0.25) is 0 Å². The first kappa shape index (κ1) is 29.5. The number of aromatic nitrogens is 1. The van der Waals surface area contributed by atoms with Crippen LogP contribution in [0.25, 0.3) is 69.9 Å². The average molecular weight is 669 g/mol. The molecule has 0 N–H and O–H groups in total. The minimum Gasteiger partial charge on any atom is -0.309 e. The molecule has 2 heterocycles.